The van der Waals surface area contributed by atoms with Gasteiger partial charge in [0.2, 0.25) is 0 Å². The Hall–Kier alpha value is -2.23. The molecule has 4 nitrogen and oxygen atoms in total. The van der Waals surface area contributed by atoms with E-state index in [0.29, 0.717) is 16.1 Å². The Morgan fingerprint density at radius 1 is 0.960 bits per heavy atom. The van der Waals surface area contributed by atoms with Gasteiger partial charge in [-0.1, -0.05) is 70.2 Å². The van der Waals surface area contributed by atoms with Crippen LogP contribution in [-0.2, 0) is 6.54 Å². The minimum Gasteiger partial charge on any atom is -0.288 e. The summed E-state index contributed by atoms with van der Waals surface area (Å²) in [6.45, 7) is 0.0967. The number of carbonyl (C=O) groups is 1. The highest BCUT2D eigenvalue weighted by atomic mass is 35.5. The fraction of sp³-hybridized carbons (Fsp3) is 0.0556. The quantitative estimate of drug-likeness (QED) is 0.208. The number of benzene rings is 3. The lowest BCUT2D eigenvalue weighted by molar-refractivity contribution is 0.104. The minimum absolute atomic E-state index is 0.0967. The van der Waals surface area contributed by atoms with Crippen LogP contribution in [0.4, 0.5) is 0 Å². The van der Waals surface area contributed by atoms with Gasteiger partial charge in [-0.3, -0.25) is 4.79 Å². The van der Waals surface area contributed by atoms with Crippen molar-refractivity contribution in [3.8, 4) is 0 Å². The highest BCUT2D eigenvalue weighted by molar-refractivity contribution is 6.44. The van der Waals surface area contributed by atoms with Crippen molar-refractivity contribution in [3.05, 3.63) is 90.7 Å². The van der Waals surface area contributed by atoms with Crippen molar-refractivity contribution in [2.75, 3.05) is 0 Å². The summed E-state index contributed by atoms with van der Waals surface area (Å²) in [5.41, 5.74) is 9.56. The number of hydrogen-bond acceptors (Lipinski definition) is 2. The number of carbonyl (C=O) groups excluding carboxylic acids is 1. The van der Waals surface area contributed by atoms with Crippen LogP contribution in [0.2, 0.25) is 15.1 Å². The van der Waals surface area contributed by atoms with Gasteiger partial charge in [-0.2, -0.15) is 0 Å². The number of hydrogen-bond donors (Lipinski definition) is 0. The molecule has 7 heteroatoms. The average molecular weight is 391 g/mol. The molecule has 0 fully saturated rings. The van der Waals surface area contributed by atoms with Gasteiger partial charge in [-0.05, 0) is 40.1 Å². The molecule has 25 heavy (non-hydrogen) atoms. The lowest BCUT2D eigenvalue weighted by atomic mass is 9.96. The molecule has 0 bridgehead atoms. The third kappa shape index (κ3) is 3.44. The Balaban J connectivity index is 2.17. The van der Waals surface area contributed by atoms with Crippen LogP contribution in [0.15, 0.2) is 53.6 Å². The first kappa shape index (κ1) is 17.6. The van der Waals surface area contributed by atoms with Crippen molar-refractivity contribution in [1.29, 1.82) is 0 Å². The molecular formula is C18H10Cl3N3O. The molecule has 3 aromatic carbocycles. The van der Waals surface area contributed by atoms with Crippen LogP contribution < -0.4 is 0 Å². The summed E-state index contributed by atoms with van der Waals surface area (Å²) in [4.78, 5) is 15.8. The largest absolute Gasteiger partial charge is 0.288 e. The number of nitrogens with zero attached hydrogens (tertiary/aromatic N) is 3. The molecule has 0 aliphatic carbocycles. The monoisotopic (exact) mass is 389 g/mol. The number of halogens is 3. The van der Waals surface area contributed by atoms with Crippen molar-refractivity contribution in [3.63, 3.8) is 0 Å². The predicted octanol–water partition coefficient (Wildman–Crippen LogP) is 6.84. The molecule has 0 aromatic heterocycles. The third-order valence-electron chi connectivity index (χ3n) is 3.75. The molecular weight excluding hydrogens is 381 g/mol. The maximum Gasteiger partial charge on any atom is 0.198 e. The molecule has 0 N–H and O–H groups in total. The summed E-state index contributed by atoms with van der Waals surface area (Å²) < 4.78 is 0. The van der Waals surface area contributed by atoms with Crippen molar-refractivity contribution < 1.29 is 4.79 Å². The van der Waals surface area contributed by atoms with Gasteiger partial charge in [-0.25, -0.2) is 0 Å². The second-order valence-corrected chi connectivity index (χ2v) is 6.52. The van der Waals surface area contributed by atoms with E-state index in [1.165, 1.54) is 0 Å². The zero-order valence-electron chi connectivity index (χ0n) is 12.7. The molecule has 0 atom stereocenters. The van der Waals surface area contributed by atoms with Crippen LogP contribution in [0.1, 0.15) is 21.5 Å². The molecule has 124 valence electrons. The first-order chi connectivity index (χ1) is 12.0. The smallest absolute Gasteiger partial charge is 0.198 e. The normalized spacial score (nSPS) is 10.5. The molecule has 0 aliphatic rings. The second kappa shape index (κ2) is 7.34. The predicted molar refractivity (Wildman–Crippen MR) is 102 cm³/mol. The highest BCUT2D eigenvalue weighted by Crippen LogP contribution is 2.34. The Kier molecular flexibility index (Phi) is 5.16. The van der Waals surface area contributed by atoms with E-state index < -0.39 is 0 Å². The summed E-state index contributed by atoms with van der Waals surface area (Å²) in [5, 5.41) is 5.78. The van der Waals surface area contributed by atoms with E-state index in [2.05, 4.69) is 10.0 Å². The zero-order chi connectivity index (χ0) is 18.0. The Bertz CT molecular complexity index is 1020. The van der Waals surface area contributed by atoms with Gasteiger partial charge in [0.1, 0.15) is 0 Å². The highest BCUT2D eigenvalue weighted by Gasteiger charge is 2.22. The number of ketones is 1. The molecule has 0 heterocycles. The van der Waals surface area contributed by atoms with E-state index in [1.807, 2.05) is 30.3 Å². The molecule has 0 amide bonds. The van der Waals surface area contributed by atoms with Crippen molar-refractivity contribution in [1.82, 2.24) is 0 Å². The molecule has 3 rings (SSSR count). The van der Waals surface area contributed by atoms with Crippen LogP contribution in [0, 0.1) is 0 Å². The molecule has 0 saturated carbocycles. The van der Waals surface area contributed by atoms with E-state index in [1.54, 1.807) is 18.2 Å². The molecule has 0 saturated heterocycles. The van der Waals surface area contributed by atoms with E-state index in [9.17, 15) is 4.79 Å². The second-order valence-electron chi connectivity index (χ2n) is 5.30. The molecule has 0 radical (unpaired) electrons. The summed E-state index contributed by atoms with van der Waals surface area (Å²) in [7, 11) is 0. The maximum absolute atomic E-state index is 13.1. The van der Waals surface area contributed by atoms with Crippen LogP contribution in [0.5, 0.6) is 0 Å². The summed E-state index contributed by atoms with van der Waals surface area (Å²) >= 11 is 18.8. The fourth-order valence-electron chi connectivity index (χ4n) is 2.65. The number of rotatable bonds is 4. The van der Waals surface area contributed by atoms with E-state index >= 15 is 0 Å². The maximum atomic E-state index is 13.1. The van der Waals surface area contributed by atoms with E-state index in [4.69, 9.17) is 40.3 Å². The lowest BCUT2D eigenvalue weighted by Gasteiger charge is -2.12. The van der Waals surface area contributed by atoms with Gasteiger partial charge in [0.05, 0.1) is 27.2 Å². The summed E-state index contributed by atoms with van der Waals surface area (Å²) in [5.74, 6) is -0.355. The van der Waals surface area contributed by atoms with E-state index in [0.717, 1.165) is 10.8 Å². The van der Waals surface area contributed by atoms with Gasteiger partial charge in [0.25, 0.3) is 0 Å². The third-order valence-corrected chi connectivity index (χ3v) is 4.66. The van der Waals surface area contributed by atoms with Crippen LogP contribution in [-0.4, -0.2) is 5.78 Å². The lowest BCUT2D eigenvalue weighted by Crippen LogP contribution is -2.06. The first-order valence-electron chi connectivity index (χ1n) is 7.23. The van der Waals surface area contributed by atoms with Gasteiger partial charge >= 0.3 is 0 Å². The number of fused-ring (bicyclic) bond motifs is 1. The van der Waals surface area contributed by atoms with Gasteiger partial charge in [-0.15, -0.1) is 0 Å². The van der Waals surface area contributed by atoms with Crippen LogP contribution in [0.3, 0.4) is 0 Å². The SMILES string of the molecule is [N-]=[N+]=NCc1cc(Cl)c(C(=O)c2c(Cl)ccc3ccccc23)c(Cl)c1. The van der Waals surface area contributed by atoms with Crippen LogP contribution >= 0.6 is 34.8 Å². The van der Waals surface area contributed by atoms with Gasteiger partial charge < -0.3 is 0 Å². The minimum atomic E-state index is -0.355. The van der Waals surface area contributed by atoms with Crippen LogP contribution in [0.25, 0.3) is 21.2 Å². The molecule has 0 unspecified atom stereocenters. The zero-order valence-corrected chi connectivity index (χ0v) is 15.0. The van der Waals surface area contributed by atoms with Crippen molar-refractivity contribution >= 4 is 51.4 Å². The topological polar surface area (TPSA) is 65.8 Å². The van der Waals surface area contributed by atoms with Crippen molar-refractivity contribution in [2.24, 2.45) is 5.11 Å². The van der Waals surface area contributed by atoms with Crippen molar-refractivity contribution in [2.45, 2.75) is 6.54 Å². The van der Waals surface area contributed by atoms with E-state index in [-0.39, 0.29) is 27.9 Å². The standard InChI is InChI=1S/C18H10Cl3N3O/c19-13-6-5-11-3-1-2-4-12(11)16(13)18(25)17-14(20)7-10(8-15(17)21)9-23-24-22/h1-8H,9H2. The molecule has 0 aliphatic heterocycles. The first-order valence-corrected chi connectivity index (χ1v) is 8.37. The van der Waals surface area contributed by atoms with Gasteiger partial charge in [0.15, 0.2) is 5.78 Å². The summed E-state index contributed by atoms with van der Waals surface area (Å²) in [6.07, 6.45) is 0. The fourth-order valence-corrected chi connectivity index (χ4v) is 3.60. The molecule has 0 spiro atoms. The Morgan fingerprint density at radius 2 is 1.64 bits per heavy atom. The number of azide groups is 1. The average Bonchev–Trinajstić information content (AvgIpc) is 2.59. The Labute approximate surface area is 158 Å². The Morgan fingerprint density at radius 3 is 2.32 bits per heavy atom. The summed E-state index contributed by atoms with van der Waals surface area (Å²) in [6, 6.07) is 14.1. The van der Waals surface area contributed by atoms with Gasteiger partial charge in [0, 0.05) is 10.5 Å². The molecule has 3 aromatic rings.